The fourth-order valence-electron chi connectivity index (χ4n) is 2.11. The van der Waals surface area contributed by atoms with Crippen LogP contribution in [-0.4, -0.2) is 16.9 Å². The highest BCUT2D eigenvalue weighted by atomic mass is 19.2. The monoisotopic (exact) mass is 292 g/mol. The standard InChI is InChI=1S/C15H11F3N2O/c16-11-7-6-10(13(17)14(11)18)15(21)20(9-4-5-9)12-3-1-2-8-19-12/h1-3,6-9H,4-5H2. The van der Waals surface area contributed by atoms with Crippen molar-refractivity contribution in [3.8, 4) is 0 Å². The van der Waals surface area contributed by atoms with Crippen LogP contribution in [0.1, 0.15) is 23.2 Å². The van der Waals surface area contributed by atoms with Gasteiger partial charge in [-0.15, -0.1) is 0 Å². The summed E-state index contributed by atoms with van der Waals surface area (Å²) in [5.74, 6) is -4.78. The Labute approximate surface area is 119 Å². The van der Waals surface area contributed by atoms with Gasteiger partial charge >= 0.3 is 0 Å². The molecule has 21 heavy (non-hydrogen) atoms. The van der Waals surface area contributed by atoms with E-state index >= 15 is 0 Å². The molecule has 0 saturated heterocycles. The maximum absolute atomic E-state index is 13.8. The van der Waals surface area contributed by atoms with Crippen molar-refractivity contribution >= 4 is 11.7 Å². The molecular formula is C15H11F3N2O. The normalized spacial score (nSPS) is 14.0. The van der Waals surface area contributed by atoms with Crippen LogP contribution in [0.5, 0.6) is 0 Å². The minimum Gasteiger partial charge on any atom is -0.289 e. The Morgan fingerprint density at radius 1 is 1.10 bits per heavy atom. The van der Waals surface area contributed by atoms with Crippen LogP contribution in [0.2, 0.25) is 0 Å². The van der Waals surface area contributed by atoms with E-state index in [1.165, 1.54) is 11.1 Å². The largest absolute Gasteiger partial charge is 0.289 e. The van der Waals surface area contributed by atoms with Crippen LogP contribution >= 0.6 is 0 Å². The Hall–Kier alpha value is -2.37. The number of anilines is 1. The van der Waals surface area contributed by atoms with E-state index in [1.54, 1.807) is 18.2 Å². The van der Waals surface area contributed by atoms with Crippen LogP contribution in [0.15, 0.2) is 36.5 Å². The maximum atomic E-state index is 13.8. The van der Waals surface area contributed by atoms with Gasteiger partial charge in [0.2, 0.25) is 0 Å². The molecule has 1 fully saturated rings. The van der Waals surface area contributed by atoms with Crippen molar-refractivity contribution in [2.24, 2.45) is 0 Å². The number of carbonyl (C=O) groups is 1. The van der Waals surface area contributed by atoms with Gasteiger partial charge < -0.3 is 0 Å². The molecule has 2 aromatic rings. The van der Waals surface area contributed by atoms with Crippen LogP contribution in [0, 0.1) is 17.5 Å². The zero-order valence-corrected chi connectivity index (χ0v) is 10.9. The first-order chi connectivity index (χ1) is 10.1. The third-order valence-electron chi connectivity index (χ3n) is 3.29. The lowest BCUT2D eigenvalue weighted by Crippen LogP contribution is -2.34. The molecule has 1 aromatic carbocycles. The molecule has 3 rings (SSSR count). The SMILES string of the molecule is O=C(c1ccc(F)c(F)c1F)N(c1ccccn1)C1CC1. The molecule has 6 heteroatoms. The molecular weight excluding hydrogens is 281 g/mol. The summed E-state index contributed by atoms with van der Waals surface area (Å²) in [4.78, 5) is 17.9. The van der Waals surface area contributed by atoms with Crippen molar-refractivity contribution in [2.45, 2.75) is 18.9 Å². The summed E-state index contributed by atoms with van der Waals surface area (Å²) in [5, 5.41) is 0. The van der Waals surface area contributed by atoms with E-state index in [0.717, 1.165) is 25.0 Å². The smallest absolute Gasteiger partial charge is 0.262 e. The second-order valence-electron chi connectivity index (χ2n) is 4.82. The third kappa shape index (κ3) is 2.49. The first kappa shape index (κ1) is 13.6. The lowest BCUT2D eigenvalue weighted by atomic mass is 10.1. The number of hydrogen-bond donors (Lipinski definition) is 0. The van der Waals surface area contributed by atoms with Crippen LogP contribution < -0.4 is 4.90 Å². The lowest BCUT2D eigenvalue weighted by Gasteiger charge is -2.21. The molecule has 1 aliphatic carbocycles. The van der Waals surface area contributed by atoms with Gasteiger partial charge in [-0.2, -0.15) is 0 Å². The summed E-state index contributed by atoms with van der Waals surface area (Å²) in [6, 6.07) is 6.63. The van der Waals surface area contributed by atoms with Crippen molar-refractivity contribution in [2.75, 3.05) is 4.90 Å². The molecule has 1 amide bonds. The summed E-state index contributed by atoms with van der Waals surface area (Å²) in [5.41, 5.74) is -0.494. The van der Waals surface area contributed by atoms with E-state index in [4.69, 9.17) is 0 Å². The Kier molecular flexibility index (Phi) is 3.37. The predicted octanol–water partition coefficient (Wildman–Crippen LogP) is 3.31. The van der Waals surface area contributed by atoms with Crippen LogP contribution in [0.4, 0.5) is 19.0 Å². The first-order valence-electron chi connectivity index (χ1n) is 6.47. The second-order valence-corrected chi connectivity index (χ2v) is 4.82. The quantitative estimate of drug-likeness (QED) is 0.813. The Balaban J connectivity index is 2.01. The molecule has 0 N–H and O–H groups in total. The van der Waals surface area contributed by atoms with Gasteiger partial charge in [-0.25, -0.2) is 18.2 Å². The van der Waals surface area contributed by atoms with Gasteiger partial charge in [0, 0.05) is 12.2 Å². The number of aromatic nitrogens is 1. The van der Waals surface area contributed by atoms with E-state index in [-0.39, 0.29) is 6.04 Å². The van der Waals surface area contributed by atoms with Gasteiger partial charge in [0.05, 0.1) is 5.56 Å². The number of amides is 1. The van der Waals surface area contributed by atoms with Gasteiger partial charge in [0.15, 0.2) is 17.5 Å². The summed E-state index contributed by atoms with van der Waals surface area (Å²) in [6.45, 7) is 0. The number of benzene rings is 1. The van der Waals surface area contributed by atoms with Crippen LogP contribution in [0.25, 0.3) is 0 Å². The van der Waals surface area contributed by atoms with Gasteiger partial charge in [-0.1, -0.05) is 6.07 Å². The van der Waals surface area contributed by atoms with Crippen LogP contribution in [0.3, 0.4) is 0 Å². The first-order valence-corrected chi connectivity index (χ1v) is 6.47. The fraction of sp³-hybridized carbons (Fsp3) is 0.200. The van der Waals surface area contributed by atoms with E-state index in [1.807, 2.05) is 0 Å². The number of halogens is 3. The number of pyridine rings is 1. The molecule has 1 aromatic heterocycles. The molecule has 0 atom stereocenters. The Morgan fingerprint density at radius 2 is 1.86 bits per heavy atom. The van der Waals surface area contributed by atoms with E-state index in [0.29, 0.717) is 5.82 Å². The van der Waals surface area contributed by atoms with Gasteiger partial charge in [0.25, 0.3) is 5.91 Å². The minimum atomic E-state index is -1.64. The highest BCUT2D eigenvalue weighted by Gasteiger charge is 2.36. The number of carbonyl (C=O) groups excluding carboxylic acids is 1. The molecule has 0 aliphatic heterocycles. The molecule has 0 bridgehead atoms. The van der Waals surface area contributed by atoms with Crippen molar-refractivity contribution in [1.82, 2.24) is 4.98 Å². The molecule has 3 nitrogen and oxygen atoms in total. The highest BCUT2D eigenvalue weighted by molar-refractivity contribution is 6.06. The zero-order valence-electron chi connectivity index (χ0n) is 10.9. The number of nitrogens with zero attached hydrogens (tertiary/aromatic N) is 2. The van der Waals surface area contributed by atoms with Crippen molar-refractivity contribution < 1.29 is 18.0 Å². The topological polar surface area (TPSA) is 33.2 Å². The van der Waals surface area contributed by atoms with Gasteiger partial charge in [-0.05, 0) is 37.1 Å². The van der Waals surface area contributed by atoms with E-state index < -0.39 is 28.9 Å². The highest BCUT2D eigenvalue weighted by Crippen LogP contribution is 2.32. The lowest BCUT2D eigenvalue weighted by molar-refractivity contribution is 0.0979. The maximum Gasteiger partial charge on any atom is 0.262 e. The third-order valence-corrected chi connectivity index (χ3v) is 3.29. The summed E-state index contributed by atoms with van der Waals surface area (Å²) in [7, 11) is 0. The van der Waals surface area contributed by atoms with E-state index in [9.17, 15) is 18.0 Å². The zero-order chi connectivity index (χ0) is 15.0. The molecule has 0 spiro atoms. The average molecular weight is 292 g/mol. The molecule has 1 saturated carbocycles. The van der Waals surface area contributed by atoms with E-state index in [2.05, 4.69) is 4.98 Å². The summed E-state index contributed by atoms with van der Waals surface area (Å²) >= 11 is 0. The number of rotatable bonds is 3. The molecule has 0 radical (unpaired) electrons. The molecule has 1 aliphatic rings. The van der Waals surface area contributed by atoms with Gasteiger partial charge in [-0.3, -0.25) is 9.69 Å². The van der Waals surface area contributed by atoms with Crippen molar-refractivity contribution in [1.29, 1.82) is 0 Å². The molecule has 108 valence electrons. The molecule has 0 unspecified atom stereocenters. The van der Waals surface area contributed by atoms with Crippen molar-refractivity contribution in [3.05, 3.63) is 59.5 Å². The number of hydrogen-bond acceptors (Lipinski definition) is 2. The summed E-state index contributed by atoms with van der Waals surface area (Å²) < 4.78 is 40.1. The fourth-order valence-corrected chi connectivity index (χ4v) is 2.11. The van der Waals surface area contributed by atoms with Crippen molar-refractivity contribution in [3.63, 3.8) is 0 Å². The van der Waals surface area contributed by atoms with Gasteiger partial charge in [0.1, 0.15) is 5.82 Å². The predicted molar refractivity (Wildman–Crippen MR) is 70.4 cm³/mol. The average Bonchev–Trinajstić information content (AvgIpc) is 3.31. The Morgan fingerprint density at radius 3 is 2.48 bits per heavy atom. The summed E-state index contributed by atoms with van der Waals surface area (Å²) in [6.07, 6.45) is 3.06. The minimum absolute atomic E-state index is 0.0834. The second kappa shape index (κ2) is 5.20. The molecule has 1 heterocycles. The van der Waals surface area contributed by atoms with Crippen LogP contribution in [-0.2, 0) is 0 Å². The Bertz CT molecular complexity index is 687.